The quantitative estimate of drug-likeness (QED) is 0.885. The van der Waals surface area contributed by atoms with Gasteiger partial charge in [-0.15, -0.1) is 12.4 Å². The number of halogens is 2. The summed E-state index contributed by atoms with van der Waals surface area (Å²) < 4.78 is 13.6. The van der Waals surface area contributed by atoms with Crippen molar-refractivity contribution < 1.29 is 4.39 Å². The van der Waals surface area contributed by atoms with Crippen LogP contribution in [0.2, 0.25) is 0 Å². The van der Waals surface area contributed by atoms with E-state index >= 15 is 0 Å². The van der Waals surface area contributed by atoms with Gasteiger partial charge < -0.3 is 5.73 Å². The van der Waals surface area contributed by atoms with Crippen molar-refractivity contribution in [3.05, 3.63) is 71.0 Å². The van der Waals surface area contributed by atoms with Crippen molar-refractivity contribution in [3.63, 3.8) is 0 Å². The van der Waals surface area contributed by atoms with E-state index in [1.165, 1.54) is 5.56 Å². The Hall–Kier alpha value is -1.42. The fourth-order valence-electron chi connectivity index (χ4n) is 2.23. The third-order valence-corrected chi connectivity index (χ3v) is 3.34. The maximum absolute atomic E-state index is 13.6. The summed E-state index contributed by atoms with van der Waals surface area (Å²) in [5, 5.41) is 0. The topological polar surface area (TPSA) is 29.3 Å². The number of benzene rings is 2. The fraction of sp³-hybridized carbons (Fsp3) is 0.294. The van der Waals surface area contributed by atoms with Crippen molar-refractivity contribution in [2.75, 3.05) is 13.1 Å². The maximum Gasteiger partial charge on any atom is 0.126 e. The van der Waals surface area contributed by atoms with Gasteiger partial charge in [0.1, 0.15) is 5.82 Å². The van der Waals surface area contributed by atoms with E-state index in [1.54, 1.807) is 13.0 Å². The highest BCUT2D eigenvalue weighted by atomic mass is 35.5. The van der Waals surface area contributed by atoms with Crippen LogP contribution in [0.25, 0.3) is 0 Å². The molecule has 2 nitrogen and oxygen atoms in total. The first-order valence-electron chi connectivity index (χ1n) is 6.90. The van der Waals surface area contributed by atoms with Gasteiger partial charge in [-0.1, -0.05) is 42.5 Å². The minimum Gasteiger partial charge on any atom is -0.329 e. The molecule has 0 aliphatic rings. The lowest BCUT2D eigenvalue weighted by Crippen LogP contribution is -2.28. The summed E-state index contributed by atoms with van der Waals surface area (Å²) in [6.07, 6.45) is 0. The summed E-state index contributed by atoms with van der Waals surface area (Å²) in [6, 6.07) is 15.7. The minimum atomic E-state index is -0.144. The third-order valence-electron chi connectivity index (χ3n) is 3.34. The second-order valence-electron chi connectivity index (χ2n) is 5.07. The first-order chi connectivity index (χ1) is 9.69. The summed E-state index contributed by atoms with van der Waals surface area (Å²) in [4.78, 5) is 2.24. The Morgan fingerprint density at radius 3 is 2.29 bits per heavy atom. The summed E-state index contributed by atoms with van der Waals surface area (Å²) in [7, 11) is 0. The molecule has 0 saturated heterocycles. The van der Waals surface area contributed by atoms with Gasteiger partial charge in [-0.05, 0) is 29.7 Å². The standard InChI is InChI=1S/C17H21FN2.ClH/c1-14-7-8-16(11-17(14)18)13-20(10-9-19)12-15-5-3-2-4-6-15;/h2-8,11H,9-10,12-13,19H2,1H3;1H. The lowest BCUT2D eigenvalue weighted by molar-refractivity contribution is 0.264. The van der Waals surface area contributed by atoms with Gasteiger partial charge in [0.2, 0.25) is 0 Å². The predicted octanol–water partition coefficient (Wildman–Crippen LogP) is 3.52. The lowest BCUT2D eigenvalue weighted by atomic mass is 10.1. The van der Waals surface area contributed by atoms with Gasteiger partial charge in [-0.25, -0.2) is 4.39 Å². The van der Waals surface area contributed by atoms with E-state index in [2.05, 4.69) is 17.0 Å². The molecule has 21 heavy (non-hydrogen) atoms. The van der Waals surface area contributed by atoms with Crippen LogP contribution in [0, 0.1) is 12.7 Å². The van der Waals surface area contributed by atoms with E-state index in [1.807, 2.05) is 30.3 Å². The smallest absolute Gasteiger partial charge is 0.126 e. The summed E-state index contributed by atoms with van der Waals surface area (Å²) in [6.45, 7) is 4.71. The molecule has 0 radical (unpaired) electrons. The summed E-state index contributed by atoms with van der Waals surface area (Å²) in [5.74, 6) is -0.144. The Morgan fingerprint density at radius 2 is 1.67 bits per heavy atom. The van der Waals surface area contributed by atoms with E-state index in [9.17, 15) is 4.39 Å². The zero-order valence-corrected chi connectivity index (χ0v) is 13.1. The highest BCUT2D eigenvalue weighted by Gasteiger charge is 2.07. The minimum absolute atomic E-state index is 0. The van der Waals surface area contributed by atoms with Gasteiger partial charge in [-0.2, -0.15) is 0 Å². The Balaban J connectivity index is 0.00000220. The number of aryl methyl sites for hydroxylation is 1. The van der Waals surface area contributed by atoms with Crippen molar-refractivity contribution in [2.45, 2.75) is 20.0 Å². The zero-order chi connectivity index (χ0) is 14.4. The Labute approximate surface area is 132 Å². The van der Waals surface area contributed by atoms with Crippen LogP contribution >= 0.6 is 12.4 Å². The van der Waals surface area contributed by atoms with Crippen molar-refractivity contribution >= 4 is 12.4 Å². The average Bonchev–Trinajstić information content (AvgIpc) is 2.44. The molecule has 0 spiro atoms. The van der Waals surface area contributed by atoms with E-state index in [4.69, 9.17) is 5.73 Å². The van der Waals surface area contributed by atoms with Crippen LogP contribution in [-0.4, -0.2) is 18.0 Å². The zero-order valence-electron chi connectivity index (χ0n) is 12.3. The van der Waals surface area contributed by atoms with E-state index in [-0.39, 0.29) is 18.2 Å². The van der Waals surface area contributed by atoms with Gasteiger partial charge >= 0.3 is 0 Å². The highest BCUT2D eigenvalue weighted by molar-refractivity contribution is 5.85. The Morgan fingerprint density at radius 1 is 1.00 bits per heavy atom. The molecule has 0 aliphatic carbocycles. The fourth-order valence-corrected chi connectivity index (χ4v) is 2.23. The summed E-state index contributed by atoms with van der Waals surface area (Å²) >= 11 is 0. The normalized spacial score (nSPS) is 10.5. The molecule has 2 aromatic carbocycles. The molecule has 0 bridgehead atoms. The molecule has 0 atom stereocenters. The second-order valence-corrected chi connectivity index (χ2v) is 5.07. The lowest BCUT2D eigenvalue weighted by Gasteiger charge is -2.22. The average molecular weight is 309 g/mol. The number of nitrogens with zero attached hydrogens (tertiary/aromatic N) is 1. The molecule has 114 valence electrons. The molecule has 4 heteroatoms. The van der Waals surface area contributed by atoms with Gasteiger partial charge in [0.05, 0.1) is 0 Å². The molecule has 0 unspecified atom stereocenters. The molecular formula is C17H22ClFN2. The van der Waals surface area contributed by atoms with Crippen molar-refractivity contribution in [3.8, 4) is 0 Å². The maximum atomic E-state index is 13.6. The van der Waals surface area contributed by atoms with Crippen molar-refractivity contribution in [1.29, 1.82) is 0 Å². The third kappa shape index (κ3) is 5.46. The molecule has 2 N–H and O–H groups in total. The second kappa shape index (κ2) is 8.78. The van der Waals surface area contributed by atoms with Gasteiger partial charge in [0, 0.05) is 26.2 Å². The van der Waals surface area contributed by atoms with Crippen LogP contribution in [0.3, 0.4) is 0 Å². The van der Waals surface area contributed by atoms with Crippen LogP contribution in [0.1, 0.15) is 16.7 Å². The largest absolute Gasteiger partial charge is 0.329 e. The van der Waals surface area contributed by atoms with Crippen LogP contribution in [0.15, 0.2) is 48.5 Å². The Kier molecular flexibility index (Phi) is 7.37. The molecule has 0 aromatic heterocycles. The van der Waals surface area contributed by atoms with E-state index in [0.717, 1.165) is 18.7 Å². The monoisotopic (exact) mass is 308 g/mol. The van der Waals surface area contributed by atoms with Gasteiger partial charge in [0.25, 0.3) is 0 Å². The number of nitrogens with two attached hydrogens (primary N) is 1. The molecule has 0 heterocycles. The number of hydrogen-bond donors (Lipinski definition) is 1. The molecule has 0 saturated carbocycles. The van der Waals surface area contributed by atoms with E-state index < -0.39 is 0 Å². The molecule has 2 rings (SSSR count). The SMILES string of the molecule is Cc1ccc(CN(CCN)Cc2ccccc2)cc1F.Cl. The van der Waals surface area contributed by atoms with Crippen molar-refractivity contribution in [2.24, 2.45) is 5.73 Å². The van der Waals surface area contributed by atoms with Crippen LogP contribution < -0.4 is 5.73 Å². The number of rotatable bonds is 6. The molecular weight excluding hydrogens is 287 g/mol. The highest BCUT2D eigenvalue weighted by Crippen LogP contribution is 2.13. The molecule has 0 fully saturated rings. The van der Waals surface area contributed by atoms with Crippen LogP contribution in [-0.2, 0) is 13.1 Å². The predicted molar refractivity (Wildman–Crippen MR) is 88.0 cm³/mol. The van der Waals surface area contributed by atoms with Gasteiger partial charge in [0.15, 0.2) is 0 Å². The molecule has 0 amide bonds. The van der Waals surface area contributed by atoms with Crippen molar-refractivity contribution in [1.82, 2.24) is 4.90 Å². The first kappa shape index (κ1) is 17.6. The first-order valence-corrected chi connectivity index (χ1v) is 6.90. The van der Waals surface area contributed by atoms with Crippen LogP contribution in [0.4, 0.5) is 4.39 Å². The Bertz CT molecular complexity index is 546. The van der Waals surface area contributed by atoms with Crippen LogP contribution in [0.5, 0.6) is 0 Å². The molecule has 2 aromatic rings. The molecule has 0 aliphatic heterocycles. The summed E-state index contributed by atoms with van der Waals surface area (Å²) in [5.41, 5.74) is 8.59. The van der Waals surface area contributed by atoms with Gasteiger partial charge in [-0.3, -0.25) is 4.90 Å². The number of hydrogen-bond acceptors (Lipinski definition) is 2. The van der Waals surface area contributed by atoms with E-state index in [0.29, 0.717) is 18.7 Å².